The van der Waals surface area contributed by atoms with Crippen LogP contribution in [0, 0.1) is 0 Å². The topological polar surface area (TPSA) is 51.1 Å². The third-order valence-electron chi connectivity index (χ3n) is 3.24. The van der Waals surface area contributed by atoms with E-state index in [0.29, 0.717) is 5.88 Å². The Labute approximate surface area is 112 Å². The van der Waals surface area contributed by atoms with Crippen LogP contribution in [0.4, 0.5) is 5.82 Å². The molecule has 98 valence electrons. The Kier molecular flexibility index (Phi) is 3.54. The molecule has 0 N–H and O–H groups in total. The lowest BCUT2D eigenvalue weighted by Gasteiger charge is -2.32. The largest absolute Gasteiger partial charge is 0.473 e. The molecule has 1 aliphatic heterocycles. The first kappa shape index (κ1) is 11.9. The van der Waals surface area contributed by atoms with Crippen molar-refractivity contribution in [3.05, 3.63) is 43.0 Å². The van der Waals surface area contributed by atoms with Crippen LogP contribution >= 0.6 is 0 Å². The van der Waals surface area contributed by atoms with E-state index >= 15 is 0 Å². The first-order chi connectivity index (χ1) is 9.42. The van der Waals surface area contributed by atoms with Gasteiger partial charge in [-0.3, -0.25) is 4.98 Å². The van der Waals surface area contributed by atoms with Gasteiger partial charge in [-0.05, 0) is 12.1 Å². The normalized spacial score (nSPS) is 16.3. The van der Waals surface area contributed by atoms with Gasteiger partial charge in [-0.25, -0.2) is 9.97 Å². The van der Waals surface area contributed by atoms with Gasteiger partial charge in [0.2, 0.25) is 5.88 Å². The maximum absolute atomic E-state index is 5.82. The molecule has 0 radical (unpaired) electrons. The van der Waals surface area contributed by atoms with E-state index in [0.717, 1.165) is 31.7 Å². The summed E-state index contributed by atoms with van der Waals surface area (Å²) in [6.45, 7) is 1.92. The Morgan fingerprint density at radius 2 is 1.95 bits per heavy atom. The smallest absolute Gasteiger partial charge is 0.232 e. The molecule has 3 rings (SSSR count). The van der Waals surface area contributed by atoms with E-state index in [9.17, 15) is 0 Å². The van der Waals surface area contributed by atoms with E-state index < -0.39 is 0 Å². The molecule has 0 atom stereocenters. The minimum atomic E-state index is 0.219. The zero-order valence-electron chi connectivity index (χ0n) is 10.6. The third-order valence-corrected chi connectivity index (χ3v) is 3.24. The second kappa shape index (κ2) is 5.65. The molecule has 0 saturated carbocycles. The predicted molar refractivity (Wildman–Crippen MR) is 72.1 cm³/mol. The van der Waals surface area contributed by atoms with Gasteiger partial charge in [-0.2, -0.15) is 0 Å². The zero-order valence-corrected chi connectivity index (χ0v) is 10.6. The molecule has 2 aromatic rings. The first-order valence-corrected chi connectivity index (χ1v) is 6.50. The molecule has 1 aliphatic rings. The minimum absolute atomic E-state index is 0.219. The lowest BCUT2D eigenvalue weighted by molar-refractivity contribution is 0.163. The average Bonchev–Trinajstić information content (AvgIpc) is 2.50. The highest BCUT2D eigenvalue weighted by Gasteiger charge is 2.21. The van der Waals surface area contributed by atoms with Gasteiger partial charge in [0.1, 0.15) is 11.9 Å². The molecule has 0 unspecified atom stereocenters. The van der Waals surface area contributed by atoms with Crippen LogP contribution in [-0.2, 0) is 0 Å². The van der Waals surface area contributed by atoms with E-state index in [1.807, 2.05) is 24.4 Å². The quantitative estimate of drug-likeness (QED) is 0.839. The van der Waals surface area contributed by atoms with Crippen molar-refractivity contribution in [3.8, 4) is 5.88 Å². The number of pyridine rings is 1. The van der Waals surface area contributed by atoms with Crippen molar-refractivity contribution in [3.63, 3.8) is 0 Å². The van der Waals surface area contributed by atoms with Crippen LogP contribution in [0.1, 0.15) is 12.8 Å². The summed E-state index contributed by atoms with van der Waals surface area (Å²) in [6, 6.07) is 6.00. The molecule has 5 nitrogen and oxygen atoms in total. The maximum atomic E-state index is 5.82. The fraction of sp³-hybridized carbons (Fsp3) is 0.357. The number of ether oxygens (including phenoxy) is 1. The number of rotatable bonds is 3. The van der Waals surface area contributed by atoms with Gasteiger partial charge in [0, 0.05) is 44.5 Å². The first-order valence-electron chi connectivity index (χ1n) is 6.50. The van der Waals surface area contributed by atoms with Gasteiger partial charge in [-0.1, -0.05) is 6.07 Å². The van der Waals surface area contributed by atoms with E-state index in [2.05, 4.69) is 19.9 Å². The summed E-state index contributed by atoms with van der Waals surface area (Å²) in [7, 11) is 0. The molecule has 0 aliphatic carbocycles. The zero-order chi connectivity index (χ0) is 12.9. The number of anilines is 1. The molecule has 0 aromatic carbocycles. The Balaban J connectivity index is 1.55. The summed E-state index contributed by atoms with van der Waals surface area (Å²) in [6.07, 6.45) is 8.97. The molecule has 1 fully saturated rings. The van der Waals surface area contributed by atoms with Crippen LogP contribution in [0.2, 0.25) is 0 Å². The highest BCUT2D eigenvalue weighted by Crippen LogP contribution is 2.20. The standard InChI is InChI=1S/C14H16N4O/c1-2-6-16-13(3-1)18-9-4-12(5-10-18)19-14-11-15-7-8-17-14/h1-3,6-8,11-12H,4-5,9-10H2. The van der Waals surface area contributed by atoms with Crippen molar-refractivity contribution in [2.75, 3.05) is 18.0 Å². The number of piperidine rings is 1. The van der Waals surface area contributed by atoms with E-state index in [1.54, 1.807) is 18.6 Å². The van der Waals surface area contributed by atoms with Crippen LogP contribution in [0.3, 0.4) is 0 Å². The molecule has 2 aromatic heterocycles. The van der Waals surface area contributed by atoms with E-state index in [4.69, 9.17) is 4.74 Å². The van der Waals surface area contributed by atoms with Gasteiger partial charge in [0.15, 0.2) is 0 Å². The van der Waals surface area contributed by atoms with Gasteiger partial charge in [0.25, 0.3) is 0 Å². The lowest BCUT2D eigenvalue weighted by atomic mass is 10.1. The van der Waals surface area contributed by atoms with Crippen LogP contribution in [-0.4, -0.2) is 34.1 Å². The molecule has 1 saturated heterocycles. The molecule has 0 bridgehead atoms. The van der Waals surface area contributed by atoms with Crippen molar-refractivity contribution < 1.29 is 4.74 Å². The molecular weight excluding hydrogens is 240 g/mol. The maximum Gasteiger partial charge on any atom is 0.232 e. The SMILES string of the molecule is c1ccc(N2CCC(Oc3cnccn3)CC2)nc1. The van der Waals surface area contributed by atoms with Crippen molar-refractivity contribution in [2.45, 2.75) is 18.9 Å². The van der Waals surface area contributed by atoms with Crippen molar-refractivity contribution in [1.82, 2.24) is 15.0 Å². The van der Waals surface area contributed by atoms with Crippen LogP contribution in [0.25, 0.3) is 0 Å². The summed E-state index contributed by atoms with van der Waals surface area (Å²) in [5.74, 6) is 1.65. The van der Waals surface area contributed by atoms with Crippen LogP contribution in [0.5, 0.6) is 5.88 Å². The van der Waals surface area contributed by atoms with Crippen molar-refractivity contribution >= 4 is 5.82 Å². The lowest BCUT2D eigenvalue weighted by Crippen LogP contribution is -2.38. The highest BCUT2D eigenvalue weighted by molar-refractivity contribution is 5.38. The summed E-state index contributed by atoms with van der Waals surface area (Å²) < 4.78 is 5.82. The fourth-order valence-electron chi connectivity index (χ4n) is 2.26. The fourth-order valence-corrected chi connectivity index (χ4v) is 2.26. The molecule has 5 heteroatoms. The number of nitrogens with zero attached hydrogens (tertiary/aromatic N) is 4. The van der Waals surface area contributed by atoms with Gasteiger partial charge >= 0.3 is 0 Å². The van der Waals surface area contributed by atoms with Gasteiger partial charge in [-0.15, -0.1) is 0 Å². The van der Waals surface area contributed by atoms with Gasteiger partial charge < -0.3 is 9.64 Å². The Morgan fingerprint density at radius 1 is 1.05 bits per heavy atom. The van der Waals surface area contributed by atoms with Gasteiger partial charge in [0.05, 0.1) is 6.20 Å². The number of hydrogen-bond donors (Lipinski definition) is 0. The summed E-state index contributed by atoms with van der Waals surface area (Å²) in [5, 5.41) is 0. The molecular formula is C14H16N4O. The Bertz CT molecular complexity index is 497. The molecule has 19 heavy (non-hydrogen) atoms. The second-order valence-electron chi connectivity index (χ2n) is 4.54. The van der Waals surface area contributed by atoms with Crippen LogP contribution in [0.15, 0.2) is 43.0 Å². The predicted octanol–water partition coefficient (Wildman–Crippen LogP) is 1.92. The highest BCUT2D eigenvalue weighted by atomic mass is 16.5. The summed E-state index contributed by atoms with van der Waals surface area (Å²) >= 11 is 0. The minimum Gasteiger partial charge on any atom is -0.473 e. The van der Waals surface area contributed by atoms with Crippen molar-refractivity contribution in [2.24, 2.45) is 0 Å². The average molecular weight is 256 g/mol. The van der Waals surface area contributed by atoms with E-state index in [-0.39, 0.29) is 6.10 Å². The molecule has 3 heterocycles. The third kappa shape index (κ3) is 2.99. The Hall–Kier alpha value is -2.17. The van der Waals surface area contributed by atoms with E-state index in [1.165, 1.54) is 0 Å². The summed E-state index contributed by atoms with van der Waals surface area (Å²) in [5.41, 5.74) is 0. The monoisotopic (exact) mass is 256 g/mol. The molecule has 0 amide bonds. The summed E-state index contributed by atoms with van der Waals surface area (Å²) in [4.78, 5) is 14.8. The Morgan fingerprint density at radius 3 is 2.63 bits per heavy atom. The molecule has 0 spiro atoms. The van der Waals surface area contributed by atoms with Crippen molar-refractivity contribution in [1.29, 1.82) is 0 Å². The van der Waals surface area contributed by atoms with Crippen LogP contribution < -0.4 is 9.64 Å². The number of hydrogen-bond acceptors (Lipinski definition) is 5. The number of aromatic nitrogens is 3. The second-order valence-corrected chi connectivity index (χ2v) is 4.54.